The van der Waals surface area contributed by atoms with E-state index in [1.54, 1.807) is 28.8 Å². The highest BCUT2D eigenvalue weighted by molar-refractivity contribution is 8.00. The van der Waals surface area contributed by atoms with E-state index in [2.05, 4.69) is 20.4 Å². The molecule has 0 saturated carbocycles. The van der Waals surface area contributed by atoms with Crippen molar-refractivity contribution in [1.29, 1.82) is 0 Å². The normalized spacial score (nSPS) is 12.0. The molecule has 0 unspecified atom stereocenters. The Morgan fingerprint density at radius 3 is 2.52 bits per heavy atom. The number of aromatic nitrogens is 4. The van der Waals surface area contributed by atoms with Crippen LogP contribution >= 0.6 is 11.8 Å². The van der Waals surface area contributed by atoms with E-state index in [1.165, 1.54) is 18.7 Å². The Hall–Kier alpha value is -3.52. The fraction of sp³-hybridized carbons (Fsp3) is 0.174. The standard InChI is InChI=1S/C23H21N5O2S/c1-14-12-15(2)28-22(24-14)26-23(27-28)31-20(17-8-5-4-6-9-17)21(30)25-19-11-7-10-18(13-19)16(3)29/h4-13,20H,1-3H3,(H,25,30)/t20-/m1/s1. The Morgan fingerprint density at radius 2 is 1.77 bits per heavy atom. The van der Waals surface area contributed by atoms with Crippen LogP contribution in [0.1, 0.15) is 39.5 Å². The highest BCUT2D eigenvalue weighted by Gasteiger charge is 2.25. The van der Waals surface area contributed by atoms with E-state index in [0.29, 0.717) is 22.2 Å². The van der Waals surface area contributed by atoms with Crippen LogP contribution in [-0.4, -0.2) is 31.3 Å². The van der Waals surface area contributed by atoms with Crippen LogP contribution in [0.25, 0.3) is 5.78 Å². The van der Waals surface area contributed by atoms with Gasteiger partial charge in [-0.25, -0.2) is 9.50 Å². The number of benzene rings is 2. The molecule has 2 aromatic heterocycles. The first-order valence-electron chi connectivity index (χ1n) is 9.75. The van der Waals surface area contributed by atoms with E-state index in [0.717, 1.165) is 17.0 Å². The molecule has 8 heteroatoms. The van der Waals surface area contributed by atoms with Gasteiger partial charge < -0.3 is 5.32 Å². The average Bonchev–Trinajstić information content (AvgIpc) is 3.15. The zero-order chi connectivity index (χ0) is 22.0. The summed E-state index contributed by atoms with van der Waals surface area (Å²) in [6.07, 6.45) is 0. The number of rotatable bonds is 6. The van der Waals surface area contributed by atoms with Crippen LogP contribution in [0.2, 0.25) is 0 Å². The lowest BCUT2D eigenvalue weighted by Gasteiger charge is -2.15. The summed E-state index contributed by atoms with van der Waals surface area (Å²) in [7, 11) is 0. The third-order valence-electron chi connectivity index (χ3n) is 4.70. The summed E-state index contributed by atoms with van der Waals surface area (Å²) in [5.74, 6) is 0.218. The molecule has 0 aliphatic carbocycles. The number of anilines is 1. The summed E-state index contributed by atoms with van der Waals surface area (Å²) in [4.78, 5) is 33.8. The van der Waals surface area contributed by atoms with Crippen LogP contribution in [0, 0.1) is 13.8 Å². The molecule has 0 bridgehead atoms. The summed E-state index contributed by atoms with van der Waals surface area (Å²) in [6.45, 7) is 5.34. The zero-order valence-electron chi connectivity index (χ0n) is 17.4. The highest BCUT2D eigenvalue weighted by Crippen LogP contribution is 2.35. The van der Waals surface area contributed by atoms with Gasteiger partial charge in [0.25, 0.3) is 5.78 Å². The smallest absolute Gasteiger partial charge is 0.253 e. The molecule has 0 aliphatic heterocycles. The molecule has 2 heterocycles. The van der Waals surface area contributed by atoms with Gasteiger partial charge in [-0.2, -0.15) is 4.98 Å². The van der Waals surface area contributed by atoms with Crippen molar-refractivity contribution in [2.45, 2.75) is 31.2 Å². The van der Waals surface area contributed by atoms with Crippen molar-refractivity contribution >= 4 is 34.9 Å². The molecule has 4 aromatic rings. The Balaban J connectivity index is 1.65. The molecule has 0 spiro atoms. The van der Waals surface area contributed by atoms with Crippen molar-refractivity contribution in [3.05, 3.63) is 83.2 Å². The zero-order valence-corrected chi connectivity index (χ0v) is 18.2. The lowest BCUT2D eigenvalue weighted by Crippen LogP contribution is -2.19. The lowest BCUT2D eigenvalue weighted by molar-refractivity contribution is -0.115. The van der Waals surface area contributed by atoms with E-state index >= 15 is 0 Å². The first-order chi connectivity index (χ1) is 14.9. The molecular formula is C23H21N5O2S. The molecule has 4 rings (SSSR count). The molecule has 1 N–H and O–H groups in total. The maximum Gasteiger partial charge on any atom is 0.253 e. The van der Waals surface area contributed by atoms with Gasteiger partial charge in [0.15, 0.2) is 5.78 Å². The Bertz CT molecular complexity index is 1270. The summed E-state index contributed by atoms with van der Waals surface area (Å²) in [5, 5.41) is 7.33. The summed E-state index contributed by atoms with van der Waals surface area (Å²) >= 11 is 1.26. The highest BCUT2D eigenvalue weighted by atomic mass is 32.2. The molecule has 2 aromatic carbocycles. The largest absolute Gasteiger partial charge is 0.325 e. The molecular weight excluding hydrogens is 410 g/mol. The molecule has 1 atom stereocenters. The predicted octanol–water partition coefficient (Wildman–Crippen LogP) is 4.42. The van der Waals surface area contributed by atoms with Crippen molar-refractivity contribution in [1.82, 2.24) is 19.6 Å². The molecule has 0 aliphatic rings. The van der Waals surface area contributed by atoms with Crippen molar-refractivity contribution in [3.63, 3.8) is 0 Å². The maximum atomic E-state index is 13.2. The van der Waals surface area contributed by atoms with Gasteiger partial charge in [-0.15, -0.1) is 5.10 Å². The van der Waals surface area contributed by atoms with E-state index in [-0.39, 0.29) is 11.7 Å². The van der Waals surface area contributed by atoms with Gasteiger partial charge in [-0.05, 0) is 44.5 Å². The lowest BCUT2D eigenvalue weighted by atomic mass is 10.1. The quantitative estimate of drug-likeness (QED) is 0.359. The second kappa shape index (κ2) is 8.69. The van der Waals surface area contributed by atoms with E-state index in [1.807, 2.05) is 50.2 Å². The summed E-state index contributed by atoms with van der Waals surface area (Å²) in [5.41, 5.74) is 3.71. The van der Waals surface area contributed by atoms with E-state index < -0.39 is 5.25 Å². The Kier molecular flexibility index (Phi) is 5.81. The Labute approximate surface area is 183 Å². The number of nitrogens with zero attached hydrogens (tertiary/aromatic N) is 4. The number of amides is 1. The fourth-order valence-corrected chi connectivity index (χ4v) is 4.16. The summed E-state index contributed by atoms with van der Waals surface area (Å²) < 4.78 is 1.67. The van der Waals surface area contributed by atoms with Gasteiger partial charge in [-0.1, -0.05) is 54.2 Å². The van der Waals surface area contributed by atoms with Crippen LogP contribution in [0.3, 0.4) is 0 Å². The number of thioether (sulfide) groups is 1. The number of fused-ring (bicyclic) bond motifs is 1. The summed E-state index contributed by atoms with van der Waals surface area (Å²) in [6, 6.07) is 18.3. The van der Waals surface area contributed by atoms with Crippen molar-refractivity contribution in [3.8, 4) is 0 Å². The van der Waals surface area contributed by atoms with E-state index in [4.69, 9.17) is 0 Å². The van der Waals surface area contributed by atoms with Gasteiger partial charge in [-0.3, -0.25) is 9.59 Å². The van der Waals surface area contributed by atoms with E-state index in [9.17, 15) is 9.59 Å². The average molecular weight is 432 g/mol. The first kappa shape index (κ1) is 20.7. The van der Waals surface area contributed by atoms with Crippen LogP contribution in [-0.2, 0) is 4.79 Å². The van der Waals surface area contributed by atoms with Crippen LogP contribution in [0.15, 0.2) is 65.8 Å². The first-order valence-corrected chi connectivity index (χ1v) is 10.6. The topological polar surface area (TPSA) is 89.2 Å². The van der Waals surface area contributed by atoms with Gasteiger partial charge in [0, 0.05) is 22.6 Å². The third-order valence-corrected chi connectivity index (χ3v) is 5.80. The number of carbonyl (C=O) groups is 2. The number of hydrogen-bond donors (Lipinski definition) is 1. The molecule has 0 saturated heterocycles. The minimum absolute atomic E-state index is 0.0582. The fourth-order valence-electron chi connectivity index (χ4n) is 3.23. The molecule has 1 amide bonds. The van der Waals surface area contributed by atoms with Crippen molar-refractivity contribution < 1.29 is 9.59 Å². The predicted molar refractivity (Wildman–Crippen MR) is 120 cm³/mol. The molecule has 7 nitrogen and oxygen atoms in total. The third kappa shape index (κ3) is 4.64. The molecule has 31 heavy (non-hydrogen) atoms. The second-order valence-corrected chi connectivity index (χ2v) is 8.25. The second-order valence-electron chi connectivity index (χ2n) is 7.18. The van der Waals surface area contributed by atoms with Crippen LogP contribution in [0.5, 0.6) is 0 Å². The molecule has 0 radical (unpaired) electrons. The van der Waals surface area contributed by atoms with Gasteiger partial charge in [0.2, 0.25) is 11.1 Å². The monoisotopic (exact) mass is 431 g/mol. The van der Waals surface area contributed by atoms with Crippen molar-refractivity contribution in [2.24, 2.45) is 0 Å². The molecule has 156 valence electrons. The number of ketones is 1. The van der Waals surface area contributed by atoms with Gasteiger partial charge in [0.1, 0.15) is 5.25 Å². The molecule has 0 fully saturated rings. The van der Waals surface area contributed by atoms with Crippen molar-refractivity contribution in [2.75, 3.05) is 5.32 Å². The number of Topliss-reactive ketones (excluding diaryl/α,β-unsaturated/α-hetero) is 1. The van der Waals surface area contributed by atoms with Crippen LogP contribution < -0.4 is 5.32 Å². The number of carbonyl (C=O) groups excluding carboxylic acids is 2. The SMILES string of the molecule is CC(=O)c1cccc(NC(=O)[C@H](Sc2nc3nc(C)cc(C)n3n2)c2ccccc2)c1. The van der Waals surface area contributed by atoms with Gasteiger partial charge >= 0.3 is 0 Å². The number of hydrogen-bond acceptors (Lipinski definition) is 6. The number of nitrogens with one attached hydrogen (secondary N) is 1. The minimum Gasteiger partial charge on any atom is -0.325 e. The minimum atomic E-state index is -0.582. The van der Waals surface area contributed by atoms with Crippen LogP contribution in [0.4, 0.5) is 5.69 Å². The maximum absolute atomic E-state index is 13.2. The Morgan fingerprint density at radius 1 is 1.00 bits per heavy atom. The van der Waals surface area contributed by atoms with Gasteiger partial charge in [0.05, 0.1) is 0 Å². The number of aryl methyl sites for hydroxylation is 2.